The Morgan fingerprint density at radius 2 is 2.00 bits per heavy atom. The van der Waals surface area contributed by atoms with Crippen molar-refractivity contribution in [2.45, 2.75) is 0 Å². The molecular formula is C9H13N3O3S. The molecule has 0 atom stereocenters. The molecule has 0 saturated heterocycles. The summed E-state index contributed by atoms with van der Waals surface area (Å²) >= 11 is 1.09. The molecule has 0 aliphatic carbocycles. The number of nitrogens with one attached hydrogen (secondary N) is 2. The van der Waals surface area contributed by atoms with Crippen LogP contribution in [0.4, 0.5) is 10.7 Å². The molecule has 0 aliphatic heterocycles. The smallest absolute Gasteiger partial charge is 0.350 e. The van der Waals surface area contributed by atoms with Gasteiger partial charge in [-0.1, -0.05) is 0 Å². The van der Waals surface area contributed by atoms with Crippen LogP contribution < -0.4 is 16.4 Å². The highest BCUT2D eigenvalue weighted by molar-refractivity contribution is 7.19. The van der Waals surface area contributed by atoms with Crippen molar-refractivity contribution in [2.24, 2.45) is 0 Å². The van der Waals surface area contributed by atoms with Crippen molar-refractivity contribution in [1.82, 2.24) is 5.32 Å². The lowest BCUT2D eigenvalue weighted by Gasteiger charge is -2.02. The van der Waals surface area contributed by atoms with E-state index in [-0.39, 0.29) is 22.0 Å². The monoisotopic (exact) mass is 243 g/mol. The van der Waals surface area contributed by atoms with Gasteiger partial charge in [-0.2, -0.15) is 0 Å². The van der Waals surface area contributed by atoms with Gasteiger partial charge < -0.3 is 21.1 Å². The highest BCUT2D eigenvalue weighted by atomic mass is 32.1. The molecule has 16 heavy (non-hydrogen) atoms. The highest BCUT2D eigenvalue weighted by Gasteiger charge is 2.24. The third kappa shape index (κ3) is 1.94. The molecular weight excluding hydrogens is 230 g/mol. The van der Waals surface area contributed by atoms with Gasteiger partial charge in [-0.3, -0.25) is 4.79 Å². The molecule has 0 unspecified atom stereocenters. The number of carbonyl (C=O) groups is 2. The summed E-state index contributed by atoms with van der Waals surface area (Å²) in [5.41, 5.74) is 6.15. The number of thiophene rings is 1. The van der Waals surface area contributed by atoms with E-state index in [1.54, 1.807) is 7.05 Å². The number of hydrogen-bond donors (Lipinski definition) is 3. The van der Waals surface area contributed by atoms with Crippen LogP contribution in [-0.2, 0) is 4.74 Å². The summed E-state index contributed by atoms with van der Waals surface area (Å²) in [5, 5.41) is 5.82. The number of nitrogen functional groups attached to an aromatic ring is 1. The Labute approximate surface area is 96.8 Å². The molecule has 7 heteroatoms. The summed E-state index contributed by atoms with van der Waals surface area (Å²) in [7, 11) is 4.41. The van der Waals surface area contributed by atoms with Crippen molar-refractivity contribution in [2.75, 3.05) is 32.3 Å². The van der Waals surface area contributed by atoms with Crippen molar-refractivity contribution >= 4 is 33.9 Å². The minimum Gasteiger partial charge on any atom is -0.465 e. The fourth-order valence-electron chi connectivity index (χ4n) is 1.21. The minimum absolute atomic E-state index is 0.139. The van der Waals surface area contributed by atoms with Gasteiger partial charge in [-0.05, 0) is 0 Å². The van der Waals surface area contributed by atoms with Gasteiger partial charge in [0.15, 0.2) is 0 Å². The molecule has 4 N–H and O–H groups in total. The minimum atomic E-state index is -0.547. The lowest BCUT2D eigenvalue weighted by molar-refractivity contribution is 0.0607. The van der Waals surface area contributed by atoms with Crippen molar-refractivity contribution in [1.29, 1.82) is 0 Å². The molecule has 1 aromatic heterocycles. The molecule has 0 aliphatic rings. The van der Waals surface area contributed by atoms with Gasteiger partial charge >= 0.3 is 5.97 Å². The SMILES string of the molecule is CNC(=O)c1c(NC)sc(C(=O)OC)c1N. The Kier molecular flexibility index (Phi) is 3.73. The van der Waals surface area contributed by atoms with Crippen molar-refractivity contribution in [3.8, 4) is 0 Å². The van der Waals surface area contributed by atoms with Gasteiger partial charge in [-0.15, -0.1) is 11.3 Å². The Morgan fingerprint density at radius 3 is 2.44 bits per heavy atom. The third-order valence-electron chi connectivity index (χ3n) is 2.00. The van der Waals surface area contributed by atoms with Gasteiger partial charge in [0.2, 0.25) is 0 Å². The fraction of sp³-hybridized carbons (Fsp3) is 0.333. The molecule has 88 valence electrons. The molecule has 1 amide bonds. The van der Waals surface area contributed by atoms with Crippen LogP contribution in [0.1, 0.15) is 20.0 Å². The zero-order valence-electron chi connectivity index (χ0n) is 9.21. The lowest BCUT2D eigenvalue weighted by Crippen LogP contribution is -2.20. The van der Waals surface area contributed by atoms with Crippen LogP contribution in [0.3, 0.4) is 0 Å². The third-order valence-corrected chi connectivity index (χ3v) is 3.20. The number of carbonyl (C=O) groups excluding carboxylic acids is 2. The van der Waals surface area contributed by atoms with E-state index in [1.165, 1.54) is 14.2 Å². The predicted octanol–water partition coefficient (Wildman–Crippen LogP) is 0.518. The number of rotatable bonds is 3. The quantitative estimate of drug-likeness (QED) is 0.673. The van der Waals surface area contributed by atoms with Crippen LogP contribution in [0.5, 0.6) is 0 Å². The summed E-state index contributed by atoms with van der Waals surface area (Å²) in [6, 6.07) is 0. The Morgan fingerprint density at radius 1 is 1.38 bits per heavy atom. The molecule has 0 bridgehead atoms. The standard InChI is InChI=1S/C9H13N3O3S/c1-11-7(13)4-5(10)6(9(14)15-3)16-8(4)12-2/h12H,10H2,1-3H3,(H,11,13). The first-order chi connectivity index (χ1) is 7.56. The average molecular weight is 243 g/mol. The number of methoxy groups -OCH3 is 1. The summed E-state index contributed by atoms with van der Waals surface area (Å²) < 4.78 is 4.58. The number of anilines is 2. The van der Waals surface area contributed by atoms with Crippen LogP contribution in [0.25, 0.3) is 0 Å². The zero-order chi connectivity index (χ0) is 12.3. The molecule has 0 aromatic carbocycles. The second-order valence-electron chi connectivity index (χ2n) is 2.87. The predicted molar refractivity (Wildman–Crippen MR) is 63.0 cm³/mol. The highest BCUT2D eigenvalue weighted by Crippen LogP contribution is 2.35. The van der Waals surface area contributed by atoms with E-state index in [2.05, 4.69) is 15.4 Å². The van der Waals surface area contributed by atoms with Gasteiger partial charge in [0, 0.05) is 14.1 Å². The van der Waals surface area contributed by atoms with Crippen molar-refractivity contribution < 1.29 is 14.3 Å². The molecule has 1 heterocycles. The van der Waals surface area contributed by atoms with E-state index in [9.17, 15) is 9.59 Å². The van der Waals surface area contributed by atoms with E-state index in [0.717, 1.165) is 11.3 Å². The number of hydrogen-bond acceptors (Lipinski definition) is 6. The normalized spacial score (nSPS) is 9.69. The van der Waals surface area contributed by atoms with Gasteiger partial charge in [0.25, 0.3) is 5.91 Å². The van der Waals surface area contributed by atoms with Crippen LogP contribution in [-0.4, -0.2) is 33.1 Å². The first-order valence-corrected chi connectivity index (χ1v) is 5.28. The van der Waals surface area contributed by atoms with Gasteiger partial charge in [0.05, 0.1) is 18.4 Å². The van der Waals surface area contributed by atoms with Crippen molar-refractivity contribution in [3.05, 3.63) is 10.4 Å². The molecule has 6 nitrogen and oxygen atoms in total. The molecule has 0 radical (unpaired) electrons. The summed E-state index contributed by atoms with van der Waals surface area (Å²) in [6.45, 7) is 0. The Hall–Kier alpha value is -1.76. The number of esters is 1. The lowest BCUT2D eigenvalue weighted by atomic mass is 10.2. The maximum atomic E-state index is 11.6. The van der Waals surface area contributed by atoms with E-state index in [0.29, 0.717) is 5.00 Å². The topological polar surface area (TPSA) is 93.5 Å². The van der Waals surface area contributed by atoms with Gasteiger partial charge in [-0.25, -0.2) is 4.79 Å². The summed E-state index contributed by atoms with van der Waals surface area (Å²) in [5.74, 6) is -0.887. The Bertz CT molecular complexity index is 428. The second-order valence-corrected chi connectivity index (χ2v) is 3.89. The number of amides is 1. The Balaban J connectivity index is 3.32. The maximum absolute atomic E-state index is 11.6. The number of nitrogens with two attached hydrogens (primary N) is 1. The van der Waals surface area contributed by atoms with E-state index < -0.39 is 5.97 Å². The molecule has 1 aromatic rings. The summed E-state index contributed by atoms with van der Waals surface area (Å²) in [6.07, 6.45) is 0. The first kappa shape index (κ1) is 12.3. The van der Waals surface area contributed by atoms with Crippen LogP contribution >= 0.6 is 11.3 Å². The average Bonchev–Trinajstić information content (AvgIpc) is 2.64. The maximum Gasteiger partial charge on any atom is 0.350 e. The molecule has 0 fully saturated rings. The van der Waals surface area contributed by atoms with Crippen molar-refractivity contribution in [3.63, 3.8) is 0 Å². The molecule has 0 saturated carbocycles. The number of ether oxygens (including phenoxy) is 1. The van der Waals surface area contributed by atoms with Crippen LogP contribution in [0.15, 0.2) is 0 Å². The largest absolute Gasteiger partial charge is 0.465 e. The van der Waals surface area contributed by atoms with Crippen LogP contribution in [0.2, 0.25) is 0 Å². The van der Waals surface area contributed by atoms with E-state index in [1.807, 2.05) is 0 Å². The van der Waals surface area contributed by atoms with E-state index >= 15 is 0 Å². The second kappa shape index (κ2) is 4.84. The molecule has 1 rings (SSSR count). The van der Waals surface area contributed by atoms with E-state index in [4.69, 9.17) is 5.73 Å². The fourth-order valence-corrected chi connectivity index (χ4v) is 2.20. The first-order valence-electron chi connectivity index (χ1n) is 4.47. The molecule has 0 spiro atoms. The van der Waals surface area contributed by atoms with Gasteiger partial charge in [0.1, 0.15) is 9.88 Å². The summed E-state index contributed by atoms with van der Waals surface area (Å²) in [4.78, 5) is 23.2. The van der Waals surface area contributed by atoms with Crippen LogP contribution in [0, 0.1) is 0 Å². The zero-order valence-corrected chi connectivity index (χ0v) is 10.0.